The molecule has 0 aliphatic carbocycles. The lowest BCUT2D eigenvalue weighted by atomic mass is 9.79. The zero-order chi connectivity index (χ0) is 22.4. The van der Waals surface area contributed by atoms with Gasteiger partial charge in [0.05, 0.1) is 43.3 Å². The van der Waals surface area contributed by atoms with E-state index in [4.69, 9.17) is 10.2 Å². The fraction of sp³-hybridized carbons (Fsp3) is 0.706. The van der Waals surface area contributed by atoms with Gasteiger partial charge in [-0.3, -0.25) is 15.0 Å². The number of hydrogen-bond acceptors (Lipinski definition) is 8. The average molecular weight is 463 g/mol. The van der Waals surface area contributed by atoms with E-state index in [2.05, 4.69) is 0 Å². The van der Waals surface area contributed by atoms with E-state index in [1.165, 1.54) is 23.6 Å². The van der Waals surface area contributed by atoms with Gasteiger partial charge in [-0.15, -0.1) is 11.8 Å². The molecule has 0 aromatic heterocycles. The SMILES string of the molecule is C[C@@H](O)[C@H]1C(=O)N2C(C(=O)O)=C(S[C@H]3C[C@@H](CONS(C)(=O)=O)N(C=N)C3)[C@H](C)[C@H]12. The van der Waals surface area contributed by atoms with Gasteiger partial charge in [0, 0.05) is 22.6 Å². The molecule has 0 aromatic rings. The summed E-state index contributed by atoms with van der Waals surface area (Å²) in [6.45, 7) is 3.89. The number of carbonyl (C=O) groups excluding carboxylic acids is 1. The van der Waals surface area contributed by atoms with Crippen LogP contribution in [0.2, 0.25) is 0 Å². The molecule has 6 atom stereocenters. The molecule has 0 unspecified atom stereocenters. The molecule has 3 aliphatic heterocycles. The molecule has 4 N–H and O–H groups in total. The fourth-order valence-electron chi connectivity index (χ4n) is 4.40. The molecule has 3 aliphatic rings. The summed E-state index contributed by atoms with van der Waals surface area (Å²) in [5.41, 5.74) is -0.0285. The summed E-state index contributed by atoms with van der Waals surface area (Å²) < 4.78 is 22.3. The summed E-state index contributed by atoms with van der Waals surface area (Å²) in [5, 5.41) is 27.2. The van der Waals surface area contributed by atoms with E-state index >= 15 is 0 Å². The number of amides is 1. The van der Waals surface area contributed by atoms with Crippen molar-refractivity contribution in [1.29, 1.82) is 5.41 Å². The van der Waals surface area contributed by atoms with Gasteiger partial charge in [-0.2, -0.15) is 0 Å². The molecule has 168 valence electrons. The van der Waals surface area contributed by atoms with Gasteiger partial charge in [0.25, 0.3) is 0 Å². The van der Waals surface area contributed by atoms with Crippen molar-refractivity contribution in [1.82, 2.24) is 14.7 Å². The van der Waals surface area contributed by atoms with E-state index in [9.17, 15) is 28.2 Å². The Morgan fingerprint density at radius 1 is 1.50 bits per heavy atom. The summed E-state index contributed by atoms with van der Waals surface area (Å²) in [5.74, 6) is -2.39. The molecule has 1 amide bonds. The number of likely N-dealkylation sites (tertiary alicyclic amines) is 1. The molecule has 0 aromatic carbocycles. The molecule has 3 heterocycles. The second kappa shape index (κ2) is 8.46. The lowest BCUT2D eigenvalue weighted by Gasteiger charge is -2.46. The first kappa shape index (κ1) is 23.0. The van der Waals surface area contributed by atoms with Crippen LogP contribution in [0.3, 0.4) is 0 Å². The first-order chi connectivity index (χ1) is 14.0. The maximum atomic E-state index is 12.4. The third kappa shape index (κ3) is 4.21. The van der Waals surface area contributed by atoms with Crippen LogP contribution in [-0.2, 0) is 24.4 Å². The van der Waals surface area contributed by atoms with Crippen molar-refractivity contribution in [3.05, 3.63) is 10.6 Å². The lowest BCUT2D eigenvalue weighted by Crippen LogP contribution is -2.63. The van der Waals surface area contributed by atoms with Gasteiger partial charge >= 0.3 is 5.97 Å². The molecule has 11 nitrogen and oxygen atoms in total. The van der Waals surface area contributed by atoms with E-state index < -0.39 is 28.0 Å². The number of aliphatic carboxylic acids is 1. The number of hydrogen-bond donors (Lipinski definition) is 4. The minimum atomic E-state index is -3.50. The van der Waals surface area contributed by atoms with Crippen LogP contribution in [-0.4, -0.2) is 89.5 Å². The van der Waals surface area contributed by atoms with Crippen LogP contribution < -0.4 is 4.89 Å². The molecule has 0 radical (unpaired) electrons. The van der Waals surface area contributed by atoms with Gasteiger partial charge in [0.1, 0.15) is 5.70 Å². The maximum absolute atomic E-state index is 12.4. The Bertz CT molecular complexity index is 875. The van der Waals surface area contributed by atoms with Crippen molar-refractivity contribution in [2.45, 2.75) is 43.7 Å². The van der Waals surface area contributed by atoms with Crippen LogP contribution in [0, 0.1) is 17.2 Å². The number of β-lactam (4-membered cyclic amide) rings is 1. The molecule has 3 rings (SSSR count). The van der Waals surface area contributed by atoms with Gasteiger partial charge in [-0.25, -0.2) is 13.2 Å². The predicted molar refractivity (Wildman–Crippen MR) is 109 cm³/mol. The Kier molecular flexibility index (Phi) is 6.49. The zero-order valence-electron chi connectivity index (χ0n) is 16.8. The van der Waals surface area contributed by atoms with Gasteiger partial charge in [-0.05, 0) is 13.3 Å². The van der Waals surface area contributed by atoms with E-state index in [0.717, 1.165) is 12.6 Å². The molecule has 2 fully saturated rings. The van der Waals surface area contributed by atoms with E-state index in [-0.39, 0.29) is 41.5 Å². The zero-order valence-corrected chi connectivity index (χ0v) is 18.4. The highest BCUT2D eigenvalue weighted by Crippen LogP contribution is 2.52. The molecule has 30 heavy (non-hydrogen) atoms. The highest BCUT2D eigenvalue weighted by molar-refractivity contribution is 8.03. The first-order valence-corrected chi connectivity index (χ1v) is 12.2. The number of nitrogens with zero attached hydrogens (tertiary/aromatic N) is 2. The van der Waals surface area contributed by atoms with E-state index in [1.54, 1.807) is 4.90 Å². The van der Waals surface area contributed by atoms with E-state index in [0.29, 0.717) is 17.9 Å². The van der Waals surface area contributed by atoms with Crippen molar-refractivity contribution >= 4 is 40.0 Å². The Morgan fingerprint density at radius 3 is 2.70 bits per heavy atom. The van der Waals surface area contributed by atoms with Gasteiger partial charge < -0.3 is 20.0 Å². The molecule has 0 bridgehead atoms. The second-order valence-corrected chi connectivity index (χ2v) is 10.9. The standard InChI is InChI=1S/C17H26N4O7S2/c1-8-13-12(9(2)22)16(23)21(13)14(17(24)25)15(8)29-11-4-10(20(5-11)7-18)6-28-19-30(3,26)27/h7-13,18-19,22H,4-6H2,1-3H3,(H,24,25)/t8-,9-,10+,11+,12-,13-/m1/s1. The van der Waals surface area contributed by atoms with Crippen LogP contribution in [0.25, 0.3) is 0 Å². The van der Waals surface area contributed by atoms with Crippen LogP contribution in [0.5, 0.6) is 0 Å². The quantitative estimate of drug-likeness (QED) is 0.152. The number of carbonyl (C=O) groups is 2. The molecule has 0 spiro atoms. The monoisotopic (exact) mass is 462 g/mol. The number of carboxylic acid groups (broad SMARTS) is 1. The number of thioether (sulfide) groups is 1. The maximum Gasteiger partial charge on any atom is 0.353 e. The smallest absolute Gasteiger partial charge is 0.353 e. The molecular weight excluding hydrogens is 436 g/mol. The van der Waals surface area contributed by atoms with E-state index in [1.807, 2.05) is 11.8 Å². The Labute approximate surface area is 178 Å². The topological polar surface area (TPSA) is 160 Å². The summed E-state index contributed by atoms with van der Waals surface area (Å²) in [6.07, 6.45) is 1.82. The number of nitrogens with one attached hydrogen (secondary N) is 2. The van der Waals surface area contributed by atoms with Crippen LogP contribution in [0.15, 0.2) is 10.6 Å². The van der Waals surface area contributed by atoms with Gasteiger partial charge in [0.2, 0.25) is 15.9 Å². The lowest BCUT2D eigenvalue weighted by molar-refractivity contribution is -0.163. The van der Waals surface area contributed by atoms with Crippen molar-refractivity contribution in [3.8, 4) is 0 Å². The Morgan fingerprint density at radius 2 is 2.17 bits per heavy atom. The largest absolute Gasteiger partial charge is 0.477 e. The minimum Gasteiger partial charge on any atom is -0.477 e. The van der Waals surface area contributed by atoms with Crippen LogP contribution in [0.1, 0.15) is 20.3 Å². The predicted octanol–water partition coefficient (Wildman–Crippen LogP) is -0.596. The average Bonchev–Trinajstić information content (AvgIpc) is 3.11. The third-order valence-corrected chi connectivity index (χ3v) is 7.59. The highest BCUT2D eigenvalue weighted by atomic mass is 32.2. The molecule has 2 saturated heterocycles. The summed E-state index contributed by atoms with van der Waals surface area (Å²) >= 11 is 1.37. The normalized spacial score (nSPS) is 32.3. The van der Waals surface area contributed by atoms with Crippen molar-refractivity contribution in [3.63, 3.8) is 0 Å². The summed E-state index contributed by atoms with van der Waals surface area (Å²) in [6, 6.07) is -0.617. The van der Waals surface area contributed by atoms with Crippen molar-refractivity contribution < 1.29 is 33.1 Å². The minimum absolute atomic E-state index is 0.0285. The van der Waals surface area contributed by atoms with Crippen LogP contribution in [0.4, 0.5) is 0 Å². The number of aliphatic hydroxyl groups excluding tert-OH is 1. The Balaban J connectivity index is 1.73. The first-order valence-electron chi connectivity index (χ1n) is 9.46. The molecule has 0 saturated carbocycles. The third-order valence-electron chi connectivity index (χ3n) is 5.68. The number of fused-ring (bicyclic) bond motifs is 1. The number of rotatable bonds is 9. The van der Waals surface area contributed by atoms with Gasteiger partial charge in [0.15, 0.2) is 0 Å². The molecular formula is C17H26N4O7S2. The number of aliphatic hydroxyl groups is 1. The van der Waals surface area contributed by atoms with Crippen molar-refractivity contribution in [2.75, 3.05) is 19.4 Å². The number of sulfonamides is 1. The Hall–Kier alpha value is -1.67. The van der Waals surface area contributed by atoms with Crippen molar-refractivity contribution in [2.24, 2.45) is 11.8 Å². The van der Waals surface area contributed by atoms with Crippen LogP contribution >= 0.6 is 11.8 Å². The molecule has 13 heteroatoms. The fourth-order valence-corrected chi connectivity index (χ4v) is 6.26. The van der Waals surface area contributed by atoms with Gasteiger partial charge in [-0.1, -0.05) is 11.8 Å². The summed E-state index contributed by atoms with van der Waals surface area (Å²) in [4.78, 5) is 34.9. The number of carboxylic acids is 1. The summed E-state index contributed by atoms with van der Waals surface area (Å²) in [7, 11) is -3.50. The highest BCUT2D eigenvalue weighted by Gasteiger charge is 2.60. The second-order valence-electron chi connectivity index (χ2n) is 7.89.